The van der Waals surface area contributed by atoms with Gasteiger partial charge in [-0.15, -0.1) is 0 Å². The normalized spacial score (nSPS) is 37.4. The molecule has 0 aromatic carbocycles. The third kappa shape index (κ3) is 3.10. The van der Waals surface area contributed by atoms with Crippen LogP contribution in [0.4, 0.5) is 8.78 Å². The lowest BCUT2D eigenvalue weighted by Crippen LogP contribution is -2.34. The van der Waals surface area contributed by atoms with Crippen molar-refractivity contribution in [1.29, 1.82) is 0 Å². The van der Waals surface area contributed by atoms with E-state index in [2.05, 4.69) is 13.8 Å². The lowest BCUT2D eigenvalue weighted by atomic mass is 9.70. The summed E-state index contributed by atoms with van der Waals surface area (Å²) in [6, 6.07) is 0. The molecule has 2 rings (SSSR count). The molecule has 3 unspecified atom stereocenters. The molecule has 0 N–H and O–H groups in total. The fourth-order valence-corrected chi connectivity index (χ4v) is 3.46. The van der Waals surface area contributed by atoms with Gasteiger partial charge in [0.2, 0.25) is 5.92 Å². The van der Waals surface area contributed by atoms with Gasteiger partial charge in [-0.2, -0.15) is 0 Å². The minimum Gasteiger partial charge on any atom is -0.299 e. The van der Waals surface area contributed by atoms with Crippen LogP contribution in [0.5, 0.6) is 0 Å². The van der Waals surface area contributed by atoms with Crippen molar-refractivity contribution in [3.05, 3.63) is 0 Å². The highest BCUT2D eigenvalue weighted by molar-refractivity contribution is 5.83. The first-order valence-electron chi connectivity index (χ1n) is 7.30. The minimum atomic E-state index is -2.52. The summed E-state index contributed by atoms with van der Waals surface area (Å²) in [6.45, 7) is 4.45. The van der Waals surface area contributed by atoms with Crippen LogP contribution in [0.2, 0.25) is 0 Å². The van der Waals surface area contributed by atoms with E-state index < -0.39 is 5.92 Å². The molecule has 2 aliphatic rings. The van der Waals surface area contributed by atoms with Gasteiger partial charge in [-0.25, -0.2) is 8.78 Å². The largest absolute Gasteiger partial charge is 0.299 e. The fourth-order valence-electron chi connectivity index (χ4n) is 3.46. The molecule has 2 aliphatic carbocycles. The molecule has 0 saturated heterocycles. The van der Waals surface area contributed by atoms with Crippen LogP contribution in [-0.2, 0) is 4.79 Å². The molecule has 0 spiro atoms. The van der Waals surface area contributed by atoms with Crippen molar-refractivity contribution in [3.63, 3.8) is 0 Å². The third-order valence-corrected chi connectivity index (χ3v) is 5.12. The zero-order valence-electron chi connectivity index (χ0n) is 11.4. The lowest BCUT2D eigenvalue weighted by molar-refractivity contribution is -0.132. The zero-order valence-corrected chi connectivity index (χ0v) is 11.4. The van der Waals surface area contributed by atoms with Gasteiger partial charge in [0, 0.05) is 24.7 Å². The Bertz CT molecular complexity index is 304. The standard InChI is InChI=1S/C15H24F2O/c1-10-3-4-13(9-11(10)2)14(18)12-5-7-15(16,17)8-6-12/h10-13H,3-9H2,1-2H3. The lowest BCUT2D eigenvalue weighted by Gasteiger charge is -2.35. The van der Waals surface area contributed by atoms with Crippen LogP contribution in [0.15, 0.2) is 0 Å². The van der Waals surface area contributed by atoms with Crippen LogP contribution in [0.25, 0.3) is 0 Å². The number of ketones is 1. The monoisotopic (exact) mass is 258 g/mol. The van der Waals surface area contributed by atoms with Gasteiger partial charge in [0.25, 0.3) is 0 Å². The molecule has 3 atom stereocenters. The Hall–Kier alpha value is -0.470. The Morgan fingerprint density at radius 3 is 2.11 bits per heavy atom. The van der Waals surface area contributed by atoms with E-state index in [1.807, 2.05) is 0 Å². The van der Waals surface area contributed by atoms with E-state index in [-0.39, 0.29) is 30.5 Å². The number of Topliss-reactive ketones (excluding diaryl/α,β-unsaturated/α-hetero) is 1. The predicted octanol–water partition coefficient (Wildman–Crippen LogP) is 4.45. The second-order valence-corrected chi connectivity index (χ2v) is 6.50. The van der Waals surface area contributed by atoms with Gasteiger partial charge in [0.05, 0.1) is 0 Å². The highest BCUT2D eigenvalue weighted by atomic mass is 19.3. The molecule has 0 aromatic heterocycles. The number of carbonyl (C=O) groups is 1. The van der Waals surface area contributed by atoms with Crippen LogP contribution in [0, 0.1) is 23.7 Å². The summed E-state index contributed by atoms with van der Waals surface area (Å²) in [5.74, 6) is -0.889. The number of hydrogen-bond acceptors (Lipinski definition) is 1. The molecular formula is C15H24F2O. The first-order valence-corrected chi connectivity index (χ1v) is 7.30. The summed E-state index contributed by atoms with van der Waals surface area (Å²) >= 11 is 0. The van der Waals surface area contributed by atoms with Crippen LogP contribution >= 0.6 is 0 Å². The maximum Gasteiger partial charge on any atom is 0.248 e. The molecular weight excluding hydrogens is 234 g/mol. The van der Waals surface area contributed by atoms with Crippen LogP contribution in [-0.4, -0.2) is 11.7 Å². The molecule has 0 aromatic rings. The minimum absolute atomic E-state index is 0.0877. The molecule has 18 heavy (non-hydrogen) atoms. The second kappa shape index (κ2) is 5.26. The van der Waals surface area contributed by atoms with Crippen LogP contribution in [0.1, 0.15) is 58.8 Å². The zero-order chi connectivity index (χ0) is 13.3. The average molecular weight is 258 g/mol. The van der Waals surface area contributed by atoms with Gasteiger partial charge < -0.3 is 0 Å². The number of alkyl halides is 2. The van der Waals surface area contributed by atoms with Crippen molar-refractivity contribution >= 4 is 5.78 Å². The number of hydrogen-bond donors (Lipinski definition) is 0. The SMILES string of the molecule is CC1CCC(C(=O)C2CCC(F)(F)CC2)CC1C. The van der Waals surface area contributed by atoms with E-state index in [1.54, 1.807) is 0 Å². The summed E-state index contributed by atoms with van der Waals surface area (Å²) in [7, 11) is 0. The second-order valence-electron chi connectivity index (χ2n) is 6.50. The highest BCUT2D eigenvalue weighted by Gasteiger charge is 2.40. The van der Waals surface area contributed by atoms with E-state index in [4.69, 9.17) is 0 Å². The fraction of sp³-hybridized carbons (Fsp3) is 0.933. The van der Waals surface area contributed by atoms with E-state index >= 15 is 0 Å². The average Bonchev–Trinajstić information content (AvgIpc) is 2.32. The van der Waals surface area contributed by atoms with Crippen molar-refractivity contribution in [1.82, 2.24) is 0 Å². The van der Waals surface area contributed by atoms with Crippen molar-refractivity contribution in [2.75, 3.05) is 0 Å². The van der Waals surface area contributed by atoms with E-state index in [0.29, 0.717) is 24.7 Å². The van der Waals surface area contributed by atoms with Crippen molar-refractivity contribution in [2.45, 2.75) is 64.7 Å². The summed E-state index contributed by atoms with van der Waals surface area (Å²) in [6.07, 6.45) is 3.65. The van der Waals surface area contributed by atoms with E-state index in [9.17, 15) is 13.6 Å². The Kier molecular flexibility index (Phi) is 4.08. The molecule has 3 heteroatoms. The molecule has 2 saturated carbocycles. The topological polar surface area (TPSA) is 17.1 Å². The Morgan fingerprint density at radius 2 is 1.56 bits per heavy atom. The van der Waals surface area contributed by atoms with Gasteiger partial charge >= 0.3 is 0 Å². The molecule has 0 bridgehead atoms. The molecule has 0 aliphatic heterocycles. The number of halogens is 2. The summed E-state index contributed by atoms with van der Waals surface area (Å²) in [5.41, 5.74) is 0. The van der Waals surface area contributed by atoms with Crippen molar-refractivity contribution in [2.24, 2.45) is 23.7 Å². The molecule has 0 heterocycles. The molecule has 0 amide bonds. The molecule has 1 nitrogen and oxygen atoms in total. The summed E-state index contributed by atoms with van der Waals surface area (Å²) in [4.78, 5) is 12.4. The van der Waals surface area contributed by atoms with Gasteiger partial charge in [0.1, 0.15) is 5.78 Å². The first-order chi connectivity index (χ1) is 8.39. The van der Waals surface area contributed by atoms with Crippen molar-refractivity contribution < 1.29 is 13.6 Å². The number of rotatable bonds is 2. The Labute approximate surface area is 108 Å². The maximum atomic E-state index is 13.1. The van der Waals surface area contributed by atoms with Gasteiger partial charge in [-0.05, 0) is 43.9 Å². The van der Waals surface area contributed by atoms with Crippen molar-refractivity contribution in [3.8, 4) is 0 Å². The van der Waals surface area contributed by atoms with E-state index in [0.717, 1.165) is 19.3 Å². The summed E-state index contributed by atoms with van der Waals surface area (Å²) < 4.78 is 26.2. The third-order valence-electron chi connectivity index (χ3n) is 5.12. The summed E-state index contributed by atoms with van der Waals surface area (Å²) in [5, 5.41) is 0. The van der Waals surface area contributed by atoms with Gasteiger partial charge in [-0.3, -0.25) is 4.79 Å². The number of carbonyl (C=O) groups excluding carboxylic acids is 1. The maximum absolute atomic E-state index is 13.1. The van der Waals surface area contributed by atoms with Gasteiger partial charge in [0.15, 0.2) is 0 Å². The van der Waals surface area contributed by atoms with Crippen LogP contribution < -0.4 is 0 Å². The highest BCUT2D eigenvalue weighted by Crippen LogP contribution is 2.40. The van der Waals surface area contributed by atoms with Gasteiger partial charge in [-0.1, -0.05) is 13.8 Å². The predicted molar refractivity (Wildman–Crippen MR) is 67.6 cm³/mol. The first kappa shape index (κ1) is 14.0. The molecule has 2 fully saturated rings. The molecule has 104 valence electrons. The Balaban J connectivity index is 1.88. The van der Waals surface area contributed by atoms with E-state index in [1.165, 1.54) is 0 Å². The Morgan fingerprint density at radius 1 is 0.944 bits per heavy atom. The smallest absolute Gasteiger partial charge is 0.248 e. The van der Waals surface area contributed by atoms with Crippen LogP contribution in [0.3, 0.4) is 0 Å². The molecule has 0 radical (unpaired) electrons. The quantitative estimate of drug-likeness (QED) is 0.715.